The number of carbonyl (C=O) groups excluding carboxylic acids is 1. The zero-order valence-electron chi connectivity index (χ0n) is 15.7. The predicted octanol–water partition coefficient (Wildman–Crippen LogP) is 3.18. The number of hydrogen-bond donors (Lipinski definition) is 2. The van der Waals surface area contributed by atoms with Crippen LogP contribution in [0.25, 0.3) is 10.9 Å². The number of rotatable bonds is 4. The van der Waals surface area contributed by atoms with Gasteiger partial charge in [0.1, 0.15) is 17.3 Å². The summed E-state index contributed by atoms with van der Waals surface area (Å²) in [6, 6.07) is 6.46. The molecule has 1 aromatic carbocycles. The van der Waals surface area contributed by atoms with Crippen LogP contribution in [0.4, 0.5) is 19.0 Å². The molecule has 3 aromatic rings. The average Bonchev–Trinajstić information content (AvgIpc) is 3.29. The van der Waals surface area contributed by atoms with Crippen molar-refractivity contribution in [3.63, 3.8) is 0 Å². The number of carbonyl (C=O) groups is 1. The normalized spacial score (nSPS) is 18.6. The van der Waals surface area contributed by atoms with Gasteiger partial charge in [-0.05, 0) is 31.5 Å². The van der Waals surface area contributed by atoms with E-state index < -0.39 is 27.9 Å². The number of ether oxygens (including phenoxy) is 1. The van der Waals surface area contributed by atoms with Crippen molar-refractivity contribution < 1.29 is 31.1 Å². The van der Waals surface area contributed by atoms with Crippen LogP contribution in [0, 0.1) is 6.92 Å². The number of anilines is 1. The summed E-state index contributed by atoms with van der Waals surface area (Å²) >= 11 is 0. The topological polar surface area (TPSA) is 106 Å². The minimum absolute atomic E-state index is 0.0502. The molecule has 12 heteroatoms. The van der Waals surface area contributed by atoms with Gasteiger partial charge in [-0.3, -0.25) is 4.79 Å². The molecule has 2 aromatic heterocycles. The number of amides is 1. The Kier molecular flexibility index (Phi) is 4.76. The quantitative estimate of drug-likeness (QED) is 0.646. The molecule has 0 saturated carbocycles. The smallest absolute Gasteiger partial charge is 0.406 e. The summed E-state index contributed by atoms with van der Waals surface area (Å²) in [4.78, 5) is 15.5. The lowest BCUT2D eigenvalue weighted by Gasteiger charge is -2.13. The Hall–Kier alpha value is -3.02. The third-order valence-corrected chi connectivity index (χ3v) is 6.48. The summed E-state index contributed by atoms with van der Waals surface area (Å²) in [5.74, 6) is -0.578. The van der Waals surface area contributed by atoms with Gasteiger partial charge in [0.2, 0.25) is 0 Å². The van der Waals surface area contributed by atoms with Crippen LogP contribution in [0.2, 0.25) is 0 Å². The maximum Gasteiger partial charge on any atom is 0.573 e. The maximum atomic E-state index is 12.7. The predicted molar refractivity (Wildman–Crippen MR) is 102 cm³/mol. The summed E-state index contributed by atoms with van der Waals surface area (Å²) in [6.07, 6.45) is -4.41. The summed E-state index contributed by atoms with van der Waals surface area (Å²) in [7, 11) is -3.14. The van der Waals surface area contributed by atoms with Crippen molar-refractivity contribution in [3.05, 3.63) is 41.7 Å². The summed E-state index contributed by atoms with van der Waals surface area (Å²) in [6.45, 7) is 1.72. The van der Waals surface area contributed by atoms with Crippen LogP contribution >= 0.6 is 0 Å². The van der Waals surface area contributed by atoms with Crippen LogP contribution in [0.15, 0.2) is 30.3 Å². The SMILES string of the molecule is Cc1cc(NC(=O)c2cc3ccc(OC(F)(F)F)cc3[nH]2)n(C2CCS(=O)(=O)C2)n1. The summed E-state index contributed by atoms with van der Waals surface area (Å²) in [5.41, 5.74) is 1.03. The summed E-state index contributed by atoms with van der Waals surface area (Å²) in [5, 5.41) is 7.52. The third kappa shape index (κ3) is 4.27. The van der Waals surface area contributed by atoms with E-state index in [9.17, 15) is 26.4 Å². The lowest BCUT2D eigenvalue weighted by Crippen LogP contribution is -2.19. The number of aryl methyl sites for hydroxylation is 1. The van der Waals surface area contributed by atoms with Crippen molar-refractivity contribution in [2.24, 2.45) is 0 Å². The zero-order valence-corrected chi connectivity index (χ0v) is 16.5. The van der Waals surface area contributed by atoms with Gasteiger partial charge >= 0.3 is 6.36 Å². The Morgan fingerprint density at radius 3 is 2.73 bits per heavy atom. The number of aromatic nitrogens is 3. The molecule has 1 aliphatic rings. The fraction of sp³-hybridized carbons (Fsp3) is 0.333. The molecule has 4 rings (SSSR count). The number of H-pyrrole nitrogens is 1. The molecule has 0 aliphatic carbocycles. The van der Waals surface area contributed by atoms with Gasteiger partial charge in [0.05, 0.1) is 23.2 Å². The van der Waals surface area contributed by atoms with E-state index in [-0.39, 0.29) is 23.2 Å². The molecule has 160 valence electrons. The van der Waals surface area contributed by atoms with Crippen LogP contribution in [0.1, 0.15) is 28.6 Å². The molecule has 1 aliphatic heterocycles. The first kappa shape index (κ1) is 20.3. The first-order chi connectivity index (χ1) is 14.0. The van der Waals surface area contributed by atoms with Crippen molar-refractivity contribution in [1.29, 1.82) is 0 Å². The van der Waals surface area contributed by atoms with E-state index in [4.69, 9.17) is 0 Å². The molecule has 1 atom stereocenters. The lowest BCUT2D eigenvalue weighted by atomic mass is 10.2. The molecule has 30 heavy (non-hydrogen) atoms. The van der Waals surface area contributed by atoms with E-state index in [0.29, 0.717) is 28.8 Å². The number of benzene rings is 1. The highest BCUT2D eigenvalue weighted by Crippen LogP contribution is 2.29. The van der Waals surface area contributed by atoms with Gasteiger partial charge in [0.15, 0.2) is 9.84 Å². The van der Waals surface area contributed by atoms with Crippen molar-refractivity contribution in [3.8, 4) is 5.75 Å². The standard InChI is InChI=1S/C18H17F3N4O4S/c1-10-6-16(25(24-10)12-4-5-30(27,28)9-12)23-17(26)15-7-11-2-3-13(8-14(11)22-15)29-18(19,20)21/h2-3,6-8,12,22H,4-5,9H2,1H3,(H,23,26). The number of hydrogen-bond acceptors (Lipinski definition) is 5. The van der Waals surface area contributed by atoms with E-state index in [0.717, 1.165) is 12.1 Å². The highest BCUT2D eigenvalue weighted by atomic mass is 32.2. The number of nitrogens with zero attached hydrogens (tertiary/aromatic N) is 2. The molecule has 1 saturated heterocycles. The van der Waals surface area contributed by atoms with Crippen molar-refractivity contribution in [2.75, 3.05) is 16.8 Å². The van der Waals surface area contributed by atoms with E-state index >= 15 is 0 Å². The van der Waals surface area contributed by atoms with Gasteiger partial charge < -0.3 is 15.0 Å². The number of alkyl halides is 3. The van der Waals surface area contributed by atoms with Crippen LogP contribution in [-0.2, 0) is 9.84 Å². The van der Waals surface area contributed by atoms with E-state index in [2.05, 4.69) is 20.1 Å². The van der Waals surface area contributed by atoms with Crippen LogP contribution < -0.4 is 10.1 Å². The Morgan fingerprint density at radius 2 is 2.07 bits per heavy atom. The Bertz CT molecular complexity index is 1230. The molecule has 8 nitrogen and oxygen atoms in total. The molecule has 2 N–H and O–H groups in total. The molecular weight excluding hydrogens is 425 g/mol. The second kappa shape index (κ2) is 7.04. The fourth-order valence-electron chi connectivity index (χ4n) is 3.47. The van der Waals surface area contributed by atoms with Gasteiger partial charge in [-0.25, -0.2) is 13.1 Å². The zero-order chi connectivity index (χ0) is 21.7. The molecule has 0 spiro atoms. The number of halogens is 3. The lowest BCUT2D eigenvalue weighted by molar-refractivity contribution is -0.274. The van der Waals surface area contributed by atoms with Gasteiger partial charge in [-0.2, -0.15) is 5.10 Å². The number of sulfone groups is 1. The van der Waals surface area contributed by atoms with Gasteiger partial charge in [-0.15, -0.1) is 13.2 Å². The van der Waals surface area contributed by atoms with Crippen molar-refractivity contribution in [2.45, 2.75) is 25.7 Å². The van der Waals surface area contributed by atoms with E-state index in [1.165, 1.54) is 16.8 Å². The highest BCUT2D eigenvalue weighted by Gasteiger charge is 2.32. The number of aromatic amines is 1. The Morgan fingerprint density at radius 1 is 1.30 bits per heavy atom. The molecule has 0 bridgehead atoms. The van der Waals surface area contributed by atoms with E-state index in [1.807, 2.05) is 0 Å². The van der Waals surface area contributed by atoms with Crippen LogP contribution in [-0.4, -0.2) is 47.0 Å². The molecule has 1 amide bonds. The Balaban J connectivity index is 1.57. The highest BCUT2D eigenvalue weighted by molar-refractivity contribution is 7.91. The van der Waals surface area contributed by atoms with Crippen LogP contribution in [0.3, 0.4) is 0 Å². The molecule has 3 heterocycles. The van der Waals surface area contributed by atoms with Gasteiger partial charge in [0, 0.05) is 23.0 Å². The summed E-state index contributed by atoms with van der Waals surface area (Å²) < 4.78 is 66.1. The molecule has 1 unspecified atom stereocenters. The minimum atomic E-state index is -4.82. The first-order valence-corrected chi connectivity index (χ1v) is 10.8. The van der Waals surface area contributed by atoms with Crippen molar-refractivity contribution in [1.82, 2.24) is 14.8 Å². The Labute approximate surface area is 168 Å². The average molecular weight is 442 g/mol. The maximum absolute atomic E-state index is 12.7. The molecule has 1 fully saturated rings. The second-order valence-corrected chi connectivity index (χ2v) is 9.34. The number of fused-ring (bicyclic) bond motifs is 1. The van der Waals surface area contributed by atoms with E-state index in [1.54, 1.807) is 13.0 Å². The minimum Gasteiger partial charge on any atom is -0.406 e. The second-order valence-electron chi connectivity index (χ2n) is 7.11. The van der Waals surface area contributed by atoms with Gasteiger partial charge in [0.25, 0.3) is 5.91 Å². The monoisotopic (exact) mass is 442 g/mol. The molecular formula is C18H17F3N4O4S. The van der Waals surface area contributed by atoms with Crippen molar-refractivity contribution >= 4 is 32.5 Å². The van der Waals surface area contributed by atoms with Crippen LogP contribution in [0.5, 0.6) is 5.75 Å². The largest absolute Gasteiger partial charge is 0.573 e. The third-order valence-electron chi connectivity index (χ3n) is 4.73. The van der Waals surface area contributed by atoms with Gasteiger partial charge in [-0.1, -0.05) is 0 Å². The first-order valence-electron chi connectivity index (χ1n) is 8.95. The fourth-order valence-corrected chi connectivity index (χ4v) is 5.16. The number of nitrogens with one attached hydrogen (secondary N) is 2. The molecule has 0 radical (unpaired) electrons.